The van der Waals surface area contributed by atoms with Crippen LogP contribution in [0.15, 0.2) is 17.2 Å². The normalized spacial score (nSPS) is 10.6. The minimum atomic E-state index is -1.21. The van der Waals surface area contributed by atoms with Crippen LogP contribution in [0.3, 0.4) is 0 Å². The van der Waals surface area contributed by atoms with E-state index in [2.05, 4.69) is 10.1 Å². The van der Waals surface area contributed by atoms with Crippen molar-refractivity contribution < 1.29 is 9.90 Å². The number of rotatable bonds is 1. The van der Waals surface area contributed by atoms with E-state index >= 15 is 0 Å². The quantitative estimate of drug-likeness (QED) is 0.535. The summed E-state index contributed by atoms with van der Waals surface area (Å²) in [5, 5.41) is 12.5. The van der Waals surface area contributed by atoms with E-state index in [1.807, 2.05) is 0 Å². The van der Waals surface area contributed by atoms with Crippen LogP contribution in [0, 0.1) is 0 Å². The van der Waals surface area contributed by atoms with Crippen molar-refractivity contribution in [3.05, 3.63) is 28.3 Å². The van der Waals surface area contributed by atoms with E-state index in [4.69, 9.17) is 13.0 Å². The number of H-pyrrole nitrogens is 1. The summed E-state index contributed by atoms with van der Waals surface area (Å²) in [5.74, 6) is -1.21. The molecule has 0 aromatic carbocycles. The Morgan fingerprint density at radius 1 is 1.64 bits per heavy atom. The van der Waals surface area contributed by atoms with Crippen molar-refractivity contribution in [2.45, 2.75) is 0 Å². The summed E-state index contributed by atoms with van der Waals surface area (Å²) >= 11 is 0. The van der Waals surface area contributed by atoms with Crippen LogP contribution < -0.4 is 11.2 Å². The molecule has 0 fully saturated rings. The molecule has 0 saturated heterocycles. The van der Waals surface area contributed by atoms with Gasteiger partial charge in [0.2, 0.25) is 0 Å². The van der Waals surface area contributed by atoms with Gasteiger partial charge in [0.05, 0.1) is 5.56 Å². The van der Waals surface area contributed by atoms with Gasteiger partial charge in [0.25, 0.3) is 5.56 Å². The largest absolute Gasteiger partial charge is 0.478 e. The molecule has 6 nitrogen and oxygen atoms in total. The van der Waals surface area contributed by atoms with Crippen molar-refractivity contribution in [3.63, 3.8) is 0 Å². The molecule has 0 bridgehead atoms. The summed E-state index contributed by atoms with van der Waals surface area (Å²) in [6.07, 6.45) is 1.15. The minimum Gasteiger partial charge on any atom is -0.478 e. The van der Waals surface area contributed by atoms with Gasteiger partial charge in [-0.1, -0.05) is 0 Å². The maximum atomic E-state index is 11.3. The zero-order valence-electron chi connectivity index (χ0n) is 6.89. The second-order valence-electron chi connectivity index (χ2n) is 2.67. The van der Waals surface area contributed by atoms with Crippen LogP contribution in [0.25, 0.3) is 5.52 Å². The number of carboxylic acids is 1. The Bertz CT molecular complexity index is 571. The second-order valence-corrected chi connectivity index (χ2v) is 2.67. The highest BCUT2D eigenvalue weighted by atomic mass is 16.4. The molecule has 7 heteroatoms. The molecule has 0 aliphatic rings. The smallest absolute Gasteiger partial charge is 0.338 e. The van der Waals surface area contributed by atoms with Crippen molar-refractivity contribution in [2.24, 2.45) is 0 Å². The van der Waals surface area contributed by atoms with Crippen molar-refractivity contribution in [1.29, 1.82) is 0 Å². The van der Waals surface area contributed by atoms with Crippen LogP contribution >= 0.6 is 0 Å². The zero-order chi connectivity index (χ0) is 10.3. The highest BCUT2D eigenvalue weighted by Crippen LogP contribution is 2.03. The lowest BCUT2D eigenvalue weighted by Gasteiger charge is -1.94. The number of aromatic carboxylic acids is 1. The van der Waals surface area contributed by atoms with Crippen molar-refractivity contribution >= 4 is 24.9 Å². The van der Waals surface area contributed by atoms with E-state index in [9.17, 15) is 9.59 Å². The Labute approximate surface area is 78.6 Å². The summed E-state index contributed by atoms with van der Waals surface area (Å²) in [5.41, 5.74) is -0.632. The van der Waals surface area contributed by atoms with Gasteiger partial charge in [-0.05, 0) is 11.7 Å². The lowest BCUT2D eigenvalue weighted by Crippen LogP contribution is -2.18. The van der Waals surface area contributed by atoms with Crippen LogP contribution in [-0.2, 0) is 0 Å². The standard InChI is InChI=1S/C7H4BN3O3/c8-4-1-3(7(13)14)5-6(12)9-2-10-11(4)5/h1-2H,(H,13,14)(H,9,10,12). The Morgan fingerprint density at radius 2 is 2.36 bits per heavy atom. The first-order valence-corrected chi connectivity index (χ1v) is 3.69. The third-order valence-corrected chi connectivity index (χ3v) is 1.82. The lowest BCUT2D eigenvalue weighted by molar-refractivity contribution is 0.0699. The van der Waals surface area contributed by atoms with Gasteiger partial charge in [-0.25, -0.2) is 9.31 Å². The van der Waals surface area contributed by atoms with Gasteiger partial charge in [-0.2, -0.15) is 5.10 Å². The van der Waals surface area contributed by atoms with Gasteiger partial charge in [0, 0.05) is 0 Å². The molecule has 0 spiro atoms. The number of nitrogens with zero attached hydrogens (tertiary/aromatic N) is 2. The molecular weight excluding hydrogens is 185 g/mol. The van der Waals surface area contributed by atoms with Crippen molar-refractivity contribution in [1.82, 2.24) is 14.6 Å². The number of nitrogens with one attached hydrogen (secondary N) is 1. The summed E-state index contributed by atoms with van der Waals surface area (Å²) in [7, 11) is 5.47. The number of hydrogen-bond acceptors (Lipinski definition) is 3. The number of carbonyl (C=O) groups is 1. The van der Waals surface area contributed by atoms with E-state index in [0.717, 1.165) is 10.8 Å². The predicted octanol–water partition coefficient (Wildman–Crippen LogP) is -1.49. The molecule has 0 saturated carbocycles. The SMILES string of the molecule is [B]c1cc(C(=O)O)c2c(=O)[nH]cnn12. The number of aromatic nitrogens is 3. The molecule has 2 rings (SSSR count). The van der Waals surface area contributed by atoms with Gasteiger partial charge in [-0.3, -0.25) is 4.79 Å². The number of fused-ring (bicyclic) bond motifs is 1. The maximum Gasteiger partial charge on any atom is 0.338 e. The second kappa shape index (κ2) is 2.73. The Hall–Kier alpha value is -2.05. The van der Waals surface area contributed by atoms with E-state index in [0.29, 0.717) is 0 Å². The van der Waals surface area contributed by atoms with E-state index in [1.165, 1.54) is 6.07 Å². The molecule has 68 valence electrons. The van der Waals surface area contributed by atoms with Crippen LogP contribution in [0.1, 0.15) is 10.4 Å². The molecule has 14 heavy (non-hydrogen) atoms. The van der Waals surface area contributed by atoms with E-state index < -0.39 is 11.5 Å². The predicted molar refractivity (Wildman–Crippen MR) is 48.2 cm³/mol. The van der Waals surface area contributed by atoms with E-state index in [-0.39, 0.29) is 16.7 Å². The Balaban J connectivity index is 3.00. The number of hydrogen-bond donors (Lipinski definition) is 2. The van der Waals surface area contributed by atoms with Gasteiger partial charge < -0.3 is 10.1 Å². The van der Waals surface area contributed by atoms with Crippen LogP contribution in [0.4, 0.5) is 0 Å². The molecule has 0 amide bonds. The molecule has 0 aliphatic carbocycles. The number of aromatic amines is 1. The first-order chi connectivity index (χ1) is 6.61. The average molecular weight is 189 g/mol. The number of carboxylic acid groups (broad SMARTS) is 1. The van der Waals surface area contributed by atoms with Crippen LogP contribution in [0.5, 0.6) is 0 Å². The summed E-state index contributed by atoms with van der Waals surface area (Å²) in [4.78, 5) is 24.3. The van der Waals surface area contributed by atoms with Crippen LogP contribution in [0.2, 0.25) is 0 Å². The first-order valence-electron chi connectivity index (χ1n) is 3.69. The van der Waals surface area contributed by atoms with Gasteiger partial charge >= 0.3 is 5.97 Å². The maximum absolute atomic E-state index is 11.3. The topological polar surface area (TPSA) is 87.5 Å². The molecule has 0 aliphatic heterocycles. The monoisotopic (exact) mass is 189 g/mol. The fourth-order valence-corrected chi connectivity index (χ4v) is 1.24. The molecule has 2 heterocycles. The van der Waals surface area contributed by atoms with Gasteiger partial charge in [0.15, 0.2) is 0 Å². The third kappa shape index (κ3) is 1.02. The molecule has 2 aromatic heterocycles. The fourth-order valence-electron chi connectivity index (χ4n) is 1.24. The molecule has 2 aromatic rings. The van der Waals surface area contributed by atoms with Gasteiger partial charge in [-0.15, -0.1) is 0 Å². The molecule has 2 radical (unpaired) electrons. The highest BCUT2D eigenvalue weighted by molar-refractivity contribution is 6.32. The van der Waals surface area contributed by atoms with Crippen molar-refractivity contribution in [3.8, 4) is 0 Å². The zero-order valence-corrected chi connectivity index (χ0v) is 6.89. The lowest BCUT2D eigenvalue weighted by atomic mass is 10.1. The summed E-state index contributed by atoms with van der Waals surface area (Å²) in [6.45, 7) is 0. The highest BCUT2D eigenvalue weighted by Gasteiger charge is 2.15. The minimum absolute atomic E-state index is 0.0579. The molecular formula is C7H4BN3O3. The fraction of sp³-hybridized carbons (Fsp3) is 0. The summed E-state index contributed by atoms with van der Waals surface area (Å²) < 4.78 is 1.09. The Morgan fingerprint density at radius 3 is 3.00 bits per heavy atom. The Kier molecular flexibility index (Phi) is 1.66. The van der Waals surface area contributed by atoms with E-state index in [1.54, 1.807) is 0 Å². The first kappa shape index (κ1) is 8.55. The molecule has 2 N–H and O–H groups in total. The molecule has 0 unspecified atom stereocenters. The average Bonchev–Trinajstić information content (AvgIpc) is 2.46. The van der Waals surface area contributed by atoms with Crippen molar-refractivity contribution in [2.75, 3.05) is 0 Å². The summed E-state index contributed by atoms with van der Waals surface area (Å²) in [6, 6.07) is 1.19. The van der Waals surface area contributed by atoms with Gasteiger partial charge in [0.1, 0.15) is 19.7 Å². The third-order valence-electron chi connectivity index (χ3n) is 1.82. The van der Waals surface area contributed by atoms with Crippen LogP contribution in [-0.4, -0.2) is 33.5 Å². The molecule has 0 atom stereocenters.